The highest BCUT2D eigenvalue weighted by atomic mass is 16.5. The van der Waals surface area contributed by atoms with Crippen LogP contribution in [0, 0.1) is 12.8 Å². The first-order valence-electron chi connectivity index (χ1n) is 10.2. The number of carbonyl (C=O) groups is 2. The van der Waals surface area contributed by atoms with Crippen LogP contribution in [0.3, 0.4) is 0 Å². The van der Waals surface area contributed by atoms with Crippen LogP contribution in [0.5, 0.6) is 5.75 Å². The van der Waals surface area contributed by atoms with Crippen LogP contribution in [0.1, 0.15) is 37.8 Å². The van der Waals surface area contributed by atoms with E-state index in [-0.39, 0.29) is 17.7 Å². The summed E-state index contributed by atoms with van der Waals surface area (Å²) in [5, 5.41) is 3.95. The van der Waals surface area contributed by atoms with Crippen LogP contribution < -0.4 is 10.1 Å². The first kappa shape index (κ1) is 18.7. The Balaban J connectivity index is 1.27. The number of aryl methyl sites for hydroxylation is 1. The monoisotopic (exact) mass is 381 g/mol. The maximum absolute atomic E-state index is 12.5. The van der Waals surface area contributed by atoms with Crippen molar-refractivity contribution in [3.05, 3.63) is 36.0 Å². The lowest BCUT2D eigenvalue weighted by molar-refractivity contribution is -0.130. The molecule has 2 amide bonds. The highest BCUT2D eigenvalue weighted by molar-refractivity contribution is 5.89. The number of likely N-dealkylation sites (tertiary alicyclic amines) is 1. The van der Waals surface area contributed by atoms with Gasteiger partial charge in [-0.25, -0.2) is 4.98 Å². The summed E-state index contributed by atoms with van der Waals surface area (Å²) in [5.41, 5.74) is 1.77. The number of rotatable bonds is 6. The molecule has 0 spiro atoms. The van der Waals surface area contributed by atoms with Crippen molar-refractivity contribution in [1.29, 1.82) is 0 Å². The molecule has 0 bridgehead atoms. The van der Waals surface area contributed by atoms with E-state index in [9.17, 15) is 9.59 Å². The SMILES string of the molecule is Cc1ccc2cccc(OCCNC(=O)C3CC(=O)N(C4CCCC4)C3)c2n1. The highest BCUT2D eigenvalue weighted by Gasteiger charge is 2.38. The van der Waals surface area contributed by atoms with Crippen molar-refractivity contribution in [2.24, 2.45) is 5.92 Å². The fraction of sp³-hybridized carbons (Fsp3) is 0.500. The minimum Gasteiger partial charge on any atom is -0.489 e. The smallest absolute Gasteiger partial charge is 0.225 e. The lowest BCUT2D eigenvalue weighted by atomic mass is 10.1. The first-order valence-corrected chi connectivity index (χ1v) is 10.2. The van der Waals surface area contributed by atoms with Gasteiger partial charge < -0.3 is 15.0 Å². The van der Waals surface area contributed by atoms with E-state index in [1.165, 1.54) is 12.8 Å². The average Bonchev–Trinajstić information content (AvgIpc) is 3.34. The zero-order chi connectivity index (χ0) is 19.5. The molecule has 1 saturated heterocycles. The Morgan fingerprint density at radius 1 is 1.25 bits per heavy atom. The van der Waals surface area contributed by atoms with Crippen LogP contribution in [0.15, 0.2) is 30.3 Å². The molecule has 2 aromatic rings. The third kappa shape index (κ3) is 3.96. The number of aromatic nitrogens is 1. The van der Waals surface area contributed by atoms with Crippen LogP contribution in [-0.4, -0.2) is 47.4 Å². The zero-order valence-electron chi connectivity index (χ0n) is 16.3. The van der Waals surface area contributed by atoms with Gasteiger partial charge in [0.2, 0.25) is 11.8 Å². The Labute approximate surface area is 165 Å². The van der Waals surface area contributed by atoms with Gasteiger partial charge in [0, 0.05) is 30.1 Å². The predicted octanol–water partition coefficient (Wildman–Crippen LogP) is 2.83. The molecule has 1 saturated carbocycles. The highest BCUT2D eigenvalue weighted by Crippen LogP contribution is 2.29. The molecule has 2 aliphatic rings. The van der Waals surface area contributed by atoms with Gasteiger partial charge >= 0.3 is 0 Å². The number of hydrogen-bond acceptors (Lipinski definition) is 4. The lowest BCUT2D eigenvalue weighted by Crippen LogP contribution is -2.37. The van der Waals surface area contributed by atoms with Crippen LogP contribution in [0.2, 0.25) is 0 Å². The van der Waals surface area contributed by atoms with Gasteiger partial charge in [0.25, 0.3) is 0 Å². The first-order chi connectivity index (χ1) is 13.6. The van der Waals surface area contributed by atoms with Crippen molar-refractivity contribution < 1.29 is 14.3 Å². The molecular formula is C22H27N3O3. The summed E-state index contributed by atoms with van der Waals surface area (Å²) in [6, 6.07) is 10.2. The summed E-state index contributed by atoms with van der Waals surface area (Å²) in [5.74, 6) is 0.554. The molecule has 2 fully saturated rings. The fourth-order valence-corrected chi connectivity index (χ4v) is 4.29. The number of carbonyl (C=O) groups excluding carboxylic acids is 2. The number of hydrogen-bond donors (Lipinski definition) is 1. The Morgan fingerprint density at radius 2 is 2.07 bits per heavy atom. The van der Waals surface area contributed by atoms with Gasteiger partial charge in [-0.1, -0.05) is 31.0 Å². The van der Waals surface area contributed by atoms with Crippen molar-refractivity contribution in [2.75, 3.05) is 19.7 Å². The van der Waals surface area contributed by atoms with E-state index in [2.05, 4.69) is 10.3 Å². The van der Waals surface area contributed by atoms with Crippen molar-refractivity contribution in [1.82, 2.24) is 15.2 Å². The predicted molar refractivity (Wildman–Crippen MR) is 107 cm³/mol. The number of benzene rings is 1. The maximum atomic E-state index is 12.5. The summed E-state index contributed by atoms with van der Waals surface area (Å²) in [7, 11) is 0. The van der Waals surface area contributed by atoms with Crippen LogP contribution in [-0.2, 0) is 9.59 Å². The second kappa shape index (κ2) is 8.17. The second-order valence-electron chi connectivity index (χ2n) is 7.81. The Morgan fingerprint density at radius 3 is 2.89 bits per heavy atom. The molecule has 1 aliphatic carbocycles. The maximum Gasteiger partial charge on any atom is 0.225 e. The molecule has 1 aromatic carbocycles. The van der Waals surface area contributed by atoms with Crippen molar-refractivity contribution in [2.45, 2.75) is 45.1 Å². The molecule has 1 atom stereocenters. The second-order valence-corrected chi connectivity index (χ2v) is 7.81. The number of para-hydroxylation sites is 1. The van der Waals surface area contributed by atoms with Crippen LogP contribution >= 0.6 is 0 Å². The van der Waals surface area contributed by atoms with Gasteiger partial charge in [-0.15, -0.1) is 0 Å². The molecule has 1 N–H and O–H groups in total. The number of fused-ring (bicyclic) bond motifs is 1. The van der Waals surface area contributed by atoms with E-state index in [1.807, 2.05) is 42.2 Å². The minimum atomic E-state index is -0.241. The summed E-state index contributed by atoms with van der Waals surface area (Å²) >= 11 is 0. The summed E-state index contributed by atoms with van der Waals surface area (Å²) in [6.07, 6.45) is 4.85. The Bertz CT molecular complexity index is 876. The summed E-state index contributed by atoms with van der Waals surface area (Å²) < 4.78 is 5.86. The van der Waals surface area contributed by atoms with E-state index >= 15 is 0 Å². The quantitative estimate of drug-likeness (QED) is 0.781. The fourth-order valence-electron chi connectivity index (χ4n) is 4.29. The van der Waals surface area contributed by atoms with E-state index in [4.69, 9.17) is 4.74 Å². The molecule has 2 heterocycles. The Kier molecular flexibility index (Phi) is 5.46. The molecule has 28 heavy (non-hydrogen) atoms. The zero-order valence-corrected chi connectivity index (χ0v) is 16.3. The molecule has 1 aliphatic heterocycles. The molecule has 6 heteroatoms. The molecular weight excluding hydrogens is 354 g/mol. The number of ether oxygens (including phenoxy) is 1. The van der Waals surface area contributed by atoms with Crippen LogP contribution in [0.4, 0.5) is 0 Å². The Hall–Kier alpha value is -2.63. The molecule has 0 radical (unpaired) electrons. The third-order valence-electron chi connectivity index (χ3n) is 5.78. The molecule has 148 valence electrons. The van der Waals surface area contributed by atoms with Crippen molar-refractivity contribution >= 4 is 22.7 Å². The van der Waals surface area contributed by atoms with Gasteiger partial charge in [0.1, 0.15) is 17.9 Å². The van der Waals surface area contributed by atoms with Crippen molar-refractivity contribution in [3.63, 3.8) is 0 Å². The van der Waals surface area contributed by atoms with Crippen LogP contribution in [0.25, 0.3) is 10.9 Å². The van der Waals surface area contributed by atoms with E-state index in [0.29, 0.717) is 32.2 Å². The van der Waals surface area contributed by atoms with E-state index in [0.717, 1.165) is 35.2 Å². The molecule has 4 rings (SSSR count). The minimum absolute atomic E-state index is 0.0515. The molecule has 1 unspecified atom stereocenters. The van der Waals surface area contributed by atoms with E-state index < -0.39 is 0 Å². The van der Waals surface area contributed by atoms with E-state index in [1.54, 1.807) is 0 Å². The van der Waals surface area contributed by atoms with Gasteiger partial charge in [-0.3, -0.25) is 9.59 Å². The third-order valence-corrected chi connectivity index (χ3v) is 5.78. The molecule has 6 nitrogen and oxygen atoms in total. The van der Waals surface area contributed by atoms with Gasteiger partial charge in [-0.2, -0.15) is 0 Å². The number of nitrogens with zero attached hydrogens (tertiary/aromatic N) is 2. The summed E-state index contributed by atoms with van der Waals surface area (Å²) in [4.78, 5) is 31.2. The number of nitrogens with one attached hydrogen (secondary N) is 1. The van der Waals surface area contributed by atoms with Crippen molar-refractivity contribution in [3.8, 4) is 5.75 Å². The molecule has 1 aromatic heterocycles. The lowest BCUT2D eigenvalue weighted by Gasteiger charge is -2.23. The van der Waals surface area contributed by atoms with Gasteiger partial charge in [0.05, 0.1) is 12.5 Å². The normalized spacial score (nSPS) is 20.1. The standard InChI is InChI=1S/C22H27N3O3/c1-15-9-10-16-5-4-8-19(21(16)24-15)28-12-11-23-22(27)17-13-20(26)25(14-17)18-6-2-3-7-18/h4-5,8-10,17-18H,2-3,6-7,11-14H2,1H3,(H,23,27). The van der Waals surface area contributed by atoms with Gasteiger partial charge in [0.15, 0.2) is 0 Å². The van der Waals surface area contributed by atoms with Gasteiger partial charge in [-0.05, 0) is 31.9 Å². The number of pyridine rings is 1. The topological polar surface area (TPSA) is 71.5 Å². The largest absolute Gasteiger partial charge is 0.489 e. The summed E-state index contributed by atoms with van der Waals surface area (Å²) in [6.45, 7) is 3.29. The average molecular weight is 381 g/mol. The number of amides is 2.